The molecule has 0 unspecified atom stereocenters. The van der Waals surface area contributed by atoms with Gasteiger partial charge in [-0.25, -0.2) is 0 Å². The Hall–Kier alpha value is -1.69. The van der Waals surface area contributed by atoms with Crippen molar-refractivity contribution in [2.75, 3.05) is 0 Å². The van der Waals surface area contributed by atoms with E-state index in [-0.39, 0.29) is 11.4 Å². The molecule has 4 fully saturated rings. The summed E-state index contributed by atoms with van der Waals surface area (Å²) in [7, 11) is 0. The van der Waals surface area contributed by atoms with Gasteiger partial charge in [0, 0.05) is 0 Å². The van der Waals surface area contributed by atoms with Crippen LogP contribution in [-0.4, -0.2) is 16.2 Å². The van der Waals surface area contributed by atoms with Gasteiger partial charge in [-0.2, -0.15) is 0 Å². The van der Waals surface area contributed by atoms with E-state index in [2.05, 4.69) is 10.2 Å². The Kier molecular flexibility index (Phi) is 3.52. The molecule has 132 valence electrons. The van der Waals surface area contributed by atoms with Crippen molar-refractivity contribution < 1.29 is 13.9 Å². The Labute approximate surface area is 150 Å². The van der Waals surface area contributed by atoms with Gasteiger partial charge >= 0.3 is 5.97 Å². The maximum Gasteiger partial charge on any atom is 0.312 e. The third kappa shape index (κ3) is 2.62. The minimum absolute atomic E-state index is 0.0463. The van der Waals surface area contributed by atoms with Gasteiger partial charge in [-0.15, -0.1) is 21.5 Å². The molecule has 0 N–H and O–H groups in total. The van der Waals surface area contributed by atoms with Crippen molar-refractivity contribution in [3.63, 3.8) is 0 Å². The fraction of sp³-hybridized carbons (Fsp3) is 0.632. The summed E-state index contributed by atoms with van der Waals surface area (Å²) in [5.74, 6) is 2.99. The van der Waals surface area contributed by atoms with Crippen LogP contribution in [0.2, 0.25) is 0 Å². The Bertz CT molecular complexity index is 747. The molecule has 6 rings (SSSR count). The topological polar surface area (TPSA) is 65.2 Å². The van der Waals surface area contributed by atoms with Gasteiger partial charge < -0.3 is 9.15 Å². The van der Waals surface area contributed by atoms with E-state index in [1.807, 2.05) is 24.4 Å². The maximum absolute atomic E-state index is 13.0. The summed E-state index contributed by atoms with van der Waals surface area (Å²) in [5, 5.41) is 10.1. The number of hydrogen-bond donors (Lipinski definition) is 0. The van der Waals surface area contributed by atoms with Crippen LogP contribution in [0.3, 0.4) is 0 Å². The molecule has 4 aliphatic rings. The highest BCUT2D eigenvalue weighted by Crippen LogP contribution is 2.60. The zero-order valence-electron chi connectivity index (χ0n) is 14.3. The molecule has 5 nitrogen and oxygen atoms in total. The Morgan fingerprint density at radius 3 is 2.52 bits per heavy atom. The zero-order valence-corrected chi connectivity index (χ0v) is 15.1. The summed E-state index contributed by atoms with van der Waals surface area (Å²) in [4.78, 5) is 13.9. The van der Waals surface area contributed by atoms with Gasteiger partial charge in [0.1, 0.15) is 0 Å². The first-order valence-electron chi connectivity index (χ1n) is 9.20. The van der Waals surface area contributed by atoms with Crippen LogP contribution >= 0.6 is 11.3 Å². The second-order valence-corrected chi connectivity index (χ2v) is 9.12. The average Bonchev–Trinajstić information content (AvgIpc) is 3.25. The van der Waals surface area contributed by atoms with Crippen molar-refractivity contribution >= 4 is 17.3 Å². The van der Waals surface area contributed by atoms with Crippen molar-refractivity contribution in [2.24, 2.45) is 23.2 Å². The molecular formula is C19H22N2O3S. The molecule has 1 atom stereocenters. The van der Waals surface area contributed by atoms with E-state index in [0.717, 1.165) is 41.9 Å². The predicted octanol–water partition coefficient (Wildman–Crippen LogP) is 4.62. The molecule has 25 heavy (non-hydrogen) atoms. The van der Waals surface area contributed by atoms with Gasteiger partial charge in [-0.05, 0) is 74.6 Å². The second-order valence-electron chi connectivity index (χ2n) is 8.17. The monoisotopic (exact) mass is 358 g/mol. The van der Waals surface area contributed by atoms with Crippen LogP contribution in [0.1, 0.15) is 57.4 Å². The molecule has 4 saturated carbocycles. The molecule has 0 radical (unpaired) electrons. The van der Waals surface area contributed by atoms with E-state index in [0.29, 0.717) is 11.8 Å². The van der Waals surface area contributed by atoms with Crippen LogP contribution in [0.15, 0.2) is 21.9 Å². The third-order valence-electron chi connectivity index (χ3n) is 6.28. The number of ether oxygens (including phenoxy) is 1. The normalized spacial score (nSPS) is 34.2. The van der Waals surface area contributed by atoms with E-state index >= 15 is 0 Å². The minimum atomic E-state index is -0.498. The molecule has 0 aromatic carbocycles. The molecule has 0 saturated heterocycles. The molecule has 4 aliphatic carbocycles. The van der Waals surface area contributed by atoms with E-state index in [1.54, 1.807) is 11.3 Å². The van der Waals surface area contributed by atoms with Crippen molar-refractivity contribution in [1.29, 1.82) is 0 Å². The lowest BCUT2D eigenvalue weighted by Crippen LogP contribution is -2.50. The minimum Gasteiger partial charge on any atom is -0.452 e. The summed E-state index contributed by atoms with van der Waals surface area (Å²) < 4.78 is 11.5. The van der Waals surface area contributed by atoms with Crippen LogP contribution in [0.5, 0.6) is 0 Å². The van der Waals surface area contributed by atoms with Gasteiger partial charge in [0.2, 0.25) is 0 Å². The highest BCUT2D eigenvalue weighted by molar-refractivity contribution is 7.13. The molecule has 0 spiro atoms. The molecule has 0 aliphatic heterocycles. The number of thiophene rings is 1. The van der Waals surface area contributed by atoms with E-state index in [4.69, 9.17) is 9.15 Å². The molecule has 6 heteroatoms. The molecule has 2 aromatic heterocycles. The molecule has 2 heterocycles. The third-order valence-corrected chi connectivity index (χ3v) is 7.13. The first-order chi connectivity index (χ1) is 12.1. The smallest absolute Gasteiger partial charge is 0.312 e. The summed E-state index contributed by atoms with van der Waals surface area (Å²) in [6, 6.07) is 3.88. The molecular weight excluding hydrogens is 336 g/mol. The average molecular weight is 358 g/mol. The van der Waals surface area contributed by atoms with Gasteiger partial charge in [0.25, 0.3) is 11.8 Å². The van der Waals surface area contributed by atoms with Crippen molar-refractivity contribution in [2.45, 2.75) is 51.6 Å². The number of rotatable bonds is 4. The summed E-state index contributed by atoms with van der Waals surface area (Å²) in [5.41, 5.74) is -0.250. The van der Waals surface area contributed by atoms with Gasteiger partial charge in [-0.3, -0.25) is 4.79 Å². The molecule has 4 bridgehead atoms. The lowest BCUT2D eigenvalue weighted by atomic mass is 9.49. The second kappa shape index (κ2) is 5.66. The van der Waals surface area contributed by atoms with E-state index in [9.17, 15) is 4.79 Å². The number of aromatic nitrogens is 2. The fourth-order valence-electron chi connectivity index (χ4n) is 5.60. The van der Waals surface area contributed by atoms with E-state index in [1.165, 1.54) is 19.3 Å². The first kappa shape index (κ1) is 15.6. The number of nitrogens with zero attached hydrogens (tertiary/aromatic N) is 2. The number of carbonyl (C=O) groups is 1. The number of hydrogen-bond acceptors (Lipinski definition) is 6. The van der Waals surface area contributed by atoms with Crippen LogP contribution in [0.25, 0.3) is 10.8 Å². The SMILES string of the molecule is C[C@@H](OC(=O)C12CC3CC(CC(C3)C1)C2)c1nnc(-c2cccs2)o1. The van der Waals surface area contributed by atoms with Crippen LogP contribution in [-0.2, 0) is 9.53 Å². The van der Waals surface area contributed by atoms with Gasteiger partial charge in [-0.1, -0.05) is 6.07 Å². The lowest BCUT2D eigenvalue weighted by Gasteiger charge is -2.55. The van der Waals surface area contributed by atoms with Crippen LogP contribution in [0.4, 0.5) is 0 Å². The van der Waals surface area contributed by atoms with Gasteiger partial charge in [0.15, 0.2) is 6.10 Å². The van der Waals surface area contributed by atoms with Crippen LogP contribution in [0, 0.1) is 23.2 Å². The largest absolute Gasteiger partial charge is 0.452 e. The van der Waals surface area contributed by atoms with Crippen molar-refractivity contribution in [1.82, 2.24) is 10.2 Å². The van der Waals surface area contributed by atoms with Crippen molar-refractivity contribution in [3.05, 3.63) is 23.4 Å². The standard InChI is InChI=1S/C19H22N2O3S/c1-11(16-20-21-17(24-16)15-3-2-4-25-15)23-18(22)19-8-12-5-13(9-19)7-14(6-12)10-19/h2-4,11-14H,5-10H2,1H3/t11-,12?,13?,14?,19?/m1/s1. The maximum atomic E-state index is 13.0. The fourth-order valence-corrected chi connectivity index (χ4v) is 6.24. The highest BCUT2D eigenvalue weighted by atomic mass is 32.1. The van der Waals surface area contributed by atoms with Gasteiger partial charge in [0.05, 0.1) is 10.3 Å². The lowest BCUT2D eigenvalue weighted by molar-refractivity contribution is -0.177. The quantitative estimate of drug-likeness (QED) is 0.746. The zero-order chi connectivity index (χ0) is 17.0. The Morgan fingerprint density at radius 1 is 1.24 bits per heavy atom. The van der Waals surface area contributed by atoms with Crippen LogP contribution < -0.4 is 0 Å². The molecule has 0 amide bonds. The first-order valence-corrected chi connectivity index (χ1v) is 10.1. The summed E-state index contributed by atoms with van der Waals surface area (Å²) in [6.07, 6.45) is 6.47. The van der Waals surface area contributed by atoms with E-state index < -0.39 is 6.10 Å². The van der Waals surface area contributed by atoms with Crippen molar-refractivity contribution in [3.8, 4) is 10.8 Å². The summed E-state index contributed by atoms with van der Waals surface area (Å²) in [6.45, 7) is 1.82. The number of carbonyl (C=O) groups excluding carboxylic acids is 1. The summed E-state index contributed by atoms with van der Waals surface area (Å²) >= 11 is 1.55. The predicted molar refractivity (Wildman–Crippen MR) is 92.7 cm³/mol. The Balaban J connectivity index is 1.31. The highest BCUT2D eigenvalue weighted by Gasteiger charge is 2.55. The molecule has 2 aromatic rings. The number of esters is 1. The Morgan fingerprint density at radius 2 is 1.92 bits per heavy atom.